The molecule has 0 heterocycles. The molecular formula is C6H11NO4. The molecule has 0 bridgehead atoms. The lowest BCUT2D eigenvalue weighted by Gasteiger charge is -2.22. The first-order valence-electron chi connectivity index (χ1n) is 3.01. The summed E-state index contributed by atoms with van der Waals surface area (Å²) in [6.07, 6.45) is -0.976. The summed E-state index contributed by atoms with van der Waals surface area (Å²) in [4.78, 5) is 20.6. The molecule has 1 amide bonds. The van der Waals surface area contributed by atoms with Gasteiger partial charge in [0.15, 0.2) is 0 Å². The van der Waals surface area contributed by atoms with E-state index < -0.39 is 17.8 Å². The summed E-state index contributed by atoms with van der Waals surface area (Å²) in [6.45, 7) is 4.05. The minimum atomic E-state index is -1.28. The van der Waals surface area contributed by atoms with E-state index in [4.69, 9.17) is 5.73 Å². The van der Waals surface area contributed by atoms with Crippen LogP contribution in [0.5, 0.6) is 0 Å². The summed E-state index contributed by atoms with van der Waals surface area (Å²) in [6, 6.07) is 0. The first-order valence-corrected chi connectivity index (χ1v) is 3.01. The number of hydrogen-bond donors (Lipinski definition) is 1. The topological polar surface area (TPSA) is 78.6 Å². The van der Waals surface area contributed by atoms with Gasteiger partial charge < -0.3 is 15.2 Å². The number of ether oxygens (including phenoxy) is 2. The Morgan fingerprint density at radius 3 is 2.00 bits per heavy atom. The molecule has 0 aliphatic heterocycles. The monoisotopic (exact) mass is 161 g/mol. The van der Waals surface area contributed by atoms with Gasteiger partial charge in [0.2, 0.25) is 0 Å². The first-order chi connectivity index (χ1) is 4.83. The number of rotatable bonds is 2. The van der Waals surface area contributed by atoms with E-state index in [1.807, 2.05) is 0 Å². The Balaban J connectivity index is 3.99. The van der Waals surface area contributed by atoms with Crippen LogP contribution in [0.4, 0.5) is 4.79 Å². The molecule has 0 atom stereocenters. The van der Waals surface area contributed by atoms with E-state index in [1.165, 1.54) is 20.8 Å². The molecule has 0 radical (unpaired) electrons. The summed E-state index contributed by atoms with van der Waals surface area (Å²) >= 11 is 0. The second-order valence-electron chi connectivity index (χ2n) is 2.41. The Labute approximate surface area is 64.5 Å². The van der Waals surface area contributed by atoms with E-state index in [0.29, 0.717) is 0 Å². The van der Waals surface area contributed by atoms with E-state index in [2.05, 4.69) is 9.47 Å². The Morgan fingerprint density at radius 2 is 1.73 bits per heavy atom. The molecule has 0 saturated heterocycles. The average Bonchev–Trinajstić information content (AvgIpc) is 1.53. The van der Waals surface area contributed by atoms with Gasteiger partial charge in [-0.25, -0.2) is 4.79 Å². The van der Waals surface area contributed by atoms with Gasteiger partial charge in [0.1, 0.15) is 0 Å². The van der Waals surface area contributed by atoms with E-state index >= 15 is 0 Å². The van der Waals surface area contributed by atoms with Crippen molar-refractivity contribution < 1.29 is 19.1 Å². The molecule has 0 rings (SSSR count). The number of carbonyl (C=O) groups excluding carboxylic acids is 2. The molecule has 0 aromatic heterocycles. The number of primary amides is 1. The molecule has 0 spiro atoms. The fourth-order valence-electron chi connectivity index (χ4n) is 0.609. The maximum atomic E-state index is 10.4. The highest BCUT2D eigenvalue weighted by atomic mass is 16.7. The number of hydrogen-bond acceptors (Lipinski definition) is 4. The van der Waals surface area contributed by atoms with Crippen LogP contribution in [0.3, 0.4) is 0 Å². The second-order valence-corrected chi connectivity index (χ2v) is 2.41. The molecule has 64 valence electrons. The van der Waals surface area contributed by atoms with Crippen molar-refractivity contribution in [3.63, 3.8) is 0 Å². The lowest BCUT2D eigenvalue weighted by molar-refractivity contribution is -0.191. The van der Waals surface area contributed by atoms with E-state index in [0.717, 1.165) is 0 Å². The van der Waals surface area contributed by atoms with Crippen molar-refractivity contribution in [3.8, 4) is 0 Å². The lowest BCUT2D eigenvalue weighted by Crippen LogP contribution is -2.35. The first kappa shape index (κ1) is 9.74. The third kappa shape index (κ3) is 5.20. The molecule has 5 heteroatoms. The zero-order chi connectivity index (χ0) is 9.07. The normalized spacial score (nSPS) is 10.5. The molecule has 2 N–H and O–H groups in total. The van der Waals surface area contributed by atoms with Crippen LogP contribution in [0.25, 0.3) is 0 Å². The highest BCUT2D eigenvalue weighted by Crippen LogP contribution is 2.10. The maximum absolute atomic E-state index is 10.4. The van der Waals surface area contributed by atoms with Crippen LogP contribution >= 0.6 is 0 Å². The fraction of sp³-hybridized carbons (Fsp3) is 0.667. The summed E-state index contributed by atoms with van der Waals surface area (Å²) in [7, 11) is 0. The van der Waals surface area contributed by atoms with Crippen molar-refractivity contribution in [1.29, 1.82) is 0 Å². The quantitative estimate of drug-likeness (QED) is 0.469. The Hall–Kier alpha value is -1.26. The number of nitrogens with two attached hydrogens (primary N) is 1. The van der Waals surface area contributed by atoms with E-state index in [-0.39, 0.29) is 0 Å². The maximum Gasteiger partial charge on any atom is 0.407 e. The summed E-state index contributed by atoms with van der Waals surface area (Å²) < 4.78 is 9.03. The van der Waals surface area contributed by atoms with Gasteiger partial charge in [0, 0.05) is 20.8 Å². The van der Waals surface area contributed by atoms with Gasteiger partial charge in [-0.05, 0) is 0 Å². The zero-order valence-corrected chi connectivity index (χ0v) is 6.71. The van der Waals surface area contributed by atoms with Crippen molar-refractivity contribution >= 4 is 12.1 Å². The van der Waals surface area contributed by atoms with Crippen molar-refractivity contribution in [3.05, 3.63) is 0 Å². The summed E-state index contributed by atoms with van der Waals surface area (Å²) in [5.74, 6) is -1.81. The lowest BCUT2D eigenvalue weighted by atomic mass is 10.4. The minimum absolute atomic E-state index is 0.531. The molecule has 0 aromatic rings. The minimum Gasteiger partial charge on any atom is -0.423 e. The van der Waals surface area contributed by atoms with Gasteiger partial charge >= 0.3 is 12.1 Å². The van der Waals surface area contributed by atoms with E-state index in [9.17, 15) is 9.59 Å². The third-order valence-electron chi connectivity index (χ3n) is 0.736. The smallest absolute Gasteiger partial charge is 0.407 e. The molecule has 0 saturated carbocycles. The average molecular weight is 161 g/mol. The van der Waals surface area contributed by atoms with Crippen LogP contribution in [0, 0.1) is 0 Å². The molecule has 0 aliphatic rings. The highest BCUT2D eigenvalue weighted by Gasteiger charge is 2.24. The van der Waals surface area contributed by atoms with Crippen molar-refractivity contribution in [2.45, 2.75) is 26.6 Å². The van der Waals surface area contributed by atoms with Crippen LogP contribution in [-0.4, -0.2) is 17.8 Å². The molecule has 0 aromatic carbocycles. The van der Waals surface area contributed by atoms with Gasteiger partial charge in [-0.2, -0.15) is 0 Å². The van der Waals surface area contributed by atoms with E-state index in [1.54, 1.807) is 0 Å². The largest absolute Gasteiger partial charge is 0.423 e. The molecule has 5 nitrogen and oxygen atoms in total. The second kappa shape index (κ2) is 3.23. The zero-order valence-electron chi connectivity index (χ0n) is 6.71. The van der Waals surface area contributed by atoms with Crippen LogP contribution in [0.15, 0.2) is 0 Å². The predicted molar refractivity (Wildman–Crippen MR) is 36.5 cm³/mol. The van der Waals surface area contributed by atoms with Gasteiger partial charge in [-0.1, -0.05) is 0 Å². The van der Waals surface area contributed by atoms with Crippen molar-refractivity contribution in [2.75, 3.05) is 0 Å². The Kier molecular flexibility index (Phi) is 2.86. The summed E-state index contributed by atoms with van der Waals surface area (Å²) in [5, 5.41) is 0. The Bertz CT molecular complexity index is 157. The van der Waals surface area contributed by atoms with Gasteiger partial charge in [0.25, 0.3) is 5.79 Å². The van der Waals surface area contributed by atoms with Crippen LogP contribution in [-0.2, 0) is 14.3 Å². The molecule has 0 fully saturated rings. The third-order valence-corrected chi connectivity index (χ3v) is 0.736. The predicted octanol–water partition coefficient (Wildman–Crippen LogP) is 0.381. The van der Waals surface area contributed by atoms with Crippen LogP contribution in [0.2, 0.25) is 0 Å². The van der Waals surface area contributed by atoms with Crippen molar-refractivity contribution in [1.82, 2.24) is 0 Å². The molecule has 0 unspecified atom stereocenters. The van der Waals surface area contributed by atoms with Gasteiger partial charge in [0.05, 0.1) is 0 Å². The highest BCUT2D eigenvalue weighted by molar-refractivity contribution is 5.68. The fourth-order valence-corrected chi connectivity index (χ4v) is 0.609. The standard InChI is InChI=1S/C6H11NO4/c1-4(8)10-6(2,3)11-5(7)9/h1-3H3,(H2,7,9). The molecule has 0 aliphatic carbocycles. The number of esters is 1. The molecular weight excluding hydrogens is 150 g/mol. The molecule has 11 heavy (non-hydrogen) atoms. The van der Waals surface area contributed by atoms with Gasteiger partial charge in [-0.3, -0.25) is 4.79 Å². The summed E-state index contributed by atoms with van der Waals surface area (Å²) in [5.41, 5.74) is 4.70. The van der Waals surface area contributed by atoms with Crippen LogP contribution in [0.1, 0.15) is 20.8 Å². The number of amides is 1. The number of carbonyl (C=O) groups is 2. The van der Waals surface area contributed by atoms with Crippen LogP contribution < -0.4 is 5.73 Å². The van der Waals surface area contributed by atoms with Crippen molar-refractivity contribution in [2.24, 2.45) is 5.73 Å². The Morgan fingerprint density at radius 1 is 1.27 bits per heavy atom. The van der Waals surface area contributed by atoms with Gasteiger partial charge in [-0.15, -0.1) is 0 Å². The SMILES string of the molecule is CC(=O)OC(C)(C)OC(N)=O.